The number of carboxylic acid groups (broad SMARTS) is 2. The van der Waals surface area contributed by atoms with E-state index in [2.05, 4.69) is 31.9 Å². The zero-order chi connectivity index (χ0) is 60.9. The van der Waals surface area contributed by atoms with Crippen LogP contribution in [0.1, 0.15) is 118 Å². The first-order chi connectivity index (χ1) is 38.0. The van der Waals surface area contributed by atoms with Crippen LogP contribution in [0.15, 0.2) is 54.3 Å². The summed E-state index contributed by atoms with van der Waals surface area (Å²) in [5.41, 5.74) is 5.93. The van der Waals surface area contributed by atoms with E-state index < -0.39 is 176 Å². The molecule has 11 N–H and O–H groups in total. The maximum absolute atomic E-state index is 15.3. The first-order valence-corrected chi connectivity index (χ1v) is 26.2. The van der Waals surface area contributed by atoms with E-state index in [1.807, 2.05) is 13.0 Å². The van der Waals surface area contributed by atoms with Gasteiger partial charge in [0.1, 0.15) is 48.5 Å². The van der Waals surface area contributed by atoms with E-state index in [1.165, 1.54) is 30.9 Å². The van der Waals surface area contributed by atoms with Crippen molar-refractivity contribution >= 4 is 71.0 Å². The lowest BCUT2D eigenvalue weighted by atomic mass is 9.82. The van der Waals surface area contributed by atoms with Gasteiger partial charge in [-0.2, -0.15) is 0 Å². The first-order valence-electron chi connectivity index (χ1n) is 26.2. The fourth-order valence-electron chi connectivity index (χ4n) is 8.58. The molecule has 1 aliphatic heterocycles. The molecule has 0 radical (unpaired) electrons. The number of aliphatic hydroxyl groups is 1. The number of rotatable bonds is 33. The number of carbonyl (C=O) groups is 12. The third-order valence-electron chi connectivity index (χ3n) is 12.9. The second-order valence-corrected chi connectivity index (χ2v) is 20.6. The molecule has 444 valence electrons. The molecule has 25 nitrogen and oxygen atoms in total. The molecule has 1 aromatic carbocycles. The third-order valence-corrected chi connectivity index (χ3v) is 12.9. The number of unbranched alkanes of at least 4 members (excludes halogenated alkanes) is 2. The van der Waals surface area contributed by atoms with Crippen molar-refractivity contribution in [3.63, 3.8) is 0 Å². The average Bonchev–Trinajstić information content (AvgIpc) is 3.94. The number of aliphatic hydroxyl groups excluding tert-OH is 1. The minimum atomic E-state index is -1.82. The number of primary amides is 1. The van der Waals surface area contributed by atoms with Crippen LogP contribution in [0.2, 0.25) is 0 Å². The number of carbonyl (C=O) groups excluding carboxylic acids is 10. The van der Waals surface area contributed by atoms with Gasteiger partial charge >= 0.3 is 11.9 Å². The summed E-state index contributed by atoms with van der Waals surface area (Å²) in [6.45, 7) is 9.86. The summed E-state index contributed by atoms with van der Waals surface area (Å²) < 4.78 is 31.6. The fraction of sp³-hybridized carbons (Fsp3) is 0.519. The highest BCUT2D eigenvalue weighted by Crippen LogP contribution is 2.41. The highest BCUT2D eigenvalue weighted by molar-refractivity contribution is 6.12. The van der Waals surface area contributed by atoms with Gasteiger partial charge in [0.2, 0.25) is 47.3 Å². The lowest BCUT2D eigenvalue weighted by Crippen LogP contribution is -2.58. The lowest BCUT2D eigenvalue weighted by Gasteiger charge is -2.41. The predicted octanol–water partition coefficient (Wildman–Crippen LogP) is 0.978. The topological polar surface area (TPSA) is 375 Å². The molecule has 2 heterocycles. The number of benzene rings is 1. The molecule has 0 unspecified atom stereocenters. The molecule has 27 heteroatoms. The summed E-state index contributed by atoms with van der Waals surface area (Å²) in [4.78, 5) is 155. The molecule has 10 amide bonds. The van der Waals surface area contributed by atoms with Gasteiger partial charge in [-0.3, -0.25) is 57.6 Å². The van der Waals surface area contributed by atoms with Gasteiger partial charge in [0, 0.05) is 80.6 Å². The van der Waals surface area contributed by atoms with Crippen LogP contribution in [-0.2, 0) is 64.1 Å². The monoisotopic (exact) mass is 1140 g/mol. The zero-order valence-electron chi connectivity index (χ0n) is 46.4. The van der Waals surface area contributed by atoms with Crippen LogP contribution in [-0.4, -0.2) is 157 Å². The third kappa shape index (κ3) is 21.3. The number of nitrogens with zero attached hydrogens (tertiary/aromatic N) is 3. The highest BCUT2D eigenvalue weighted by atomic mass is 19.1. The van der Waals surface area contributed by atoms with Gasteiger partial charge in [-0.25, -0.2) is 13.6 Å². The smallest absolute Gasteiger partial charge is 0.326 e. The Kier molecular flexibility index (Phi) is 26.0. The minimum absolute atomic E-state index is 0.00564. The van der Waals surface area contributed by atoms with Crippen LogP contribution in [0.3, 0.4) is 0 Å². The molecule has 1 aromatic heterocycles. The number of amides is 10. The quantitative estimate of drug-likeness (QED) is 0.0271. The van der Waals surface area contributed by atoms with Crippen LogP contribution in [0.4, 0.5) is 8.78 Å². The molecule has 1 aliphatic rings. The number of hydrogen-bond donors (Lipinski definition) is 10. The Morgan fingerprint density at radius 1 is 0.753 bits per heavy atom. The van der Waals surface area contributed by atoms with Crippen LogP contribution in [0.25, 0.3) is 11.1 Å². The summed E-state index contributed by atoms with van der Waals surface area (Å²) in [7, 11) is 0. The first kappa shape index (κ1) is 66.9. The van der Waals surface area contributed by atoms with E-state index in [1.54, 1.807) is 44.5 Å². The molecule has 81 heavy (non-hydrogen) atoms. The van der Waals surface area contributed by atoms with E-state index in [9.17, 15) is 72.1 Å². The fourth-order valence-corrected chi connectivity index (χ4v) is 8.58. The van der Waals surface area contributed by atoms with Crippen molar-refractivity contribution < 1.29 is 81.6 Å². The molecule has 2 aromatic rings. The number of nitrogens with two attached hydrogens (primary N) is 1. The Labute approximate surface area is 466 Å². The van der Waals surface area contributed by atoms with Crippen molar-refractivity contribution in [2.24, 2.45) is 11.1 Å². The Morgan fingerprint density at radius 2 is 1.37 bits per heavy atom. The second-order valence-electron chi connectivity index (χ2n) is 20.6. The molecule has 0 aliphatic carbocycles. The molecule has 3 rings (SSSR count). The van der Waals surface area contributed by atoms with Crippen molar-refractivity contribution in [1.29, 1.82) is 0 Å². The number of carboxylic acids is 2. The van der Waals surface area contributed by atoms with Gasteiger partial charge in [0.25, 0.3) is 11.8 Å². The van der Waals surface area contributed by atoms with Gasteiger partial charge in [-0.05, 0) is 83.1 Å². The molecule has 0 fully saturated rings. The number of hydrogen-bond acceptors (Lipinski definition) is 13. The Balaban J connectivity index is 1.91. The molecule has 0 saturated carbocycles. The summed E-state index contributed by atoms with van der Waals surface area (Å²) >= 11 is 0. The van der Waals surface area contributed by atoms with Gasteiger partial charge in [0.15, 0.2) is 0 Å². The molecule has 0 bridgehead atoms. The SMILES string of the molecule is C/C=C(\C)Cn1cc(-c2cc(F)ccc2F)cc1[C@H](N(CC[C@H](NC(=O)[C@H](CC(N)=O)NC(=O)[C@@H](C)NC(=O)[C@H](C)NC(=O)CCCCCN1C(=O)C=CC1=O)C(=O)NCCC(=O)N[C@H](CCC(=O)O)C(=O)O)C(=O)CO)C(C)(C)C. The van der Waals surface area contributed by atoms with Gasteiger partial charge in [-0.15, -0.1) is 0 Å². The van der Waals surface area contributed by atoms with Crippen molar-refractivity contribution in [3.05, 3.63) is 71.6 Å². The van der Waals surface area contributed by atoms with Crippen LogP contribution in [0.5, 0.6) is 0 Å². The minimum Gasteiger partial charge on any atom is -0.481 e. The van der Waals surface area contributed by atoms with E-state index in [4.69, 9.17) is 10.8 Å². The number of aliphatic carboxylic acids is 2. The van der Waals surface area contributed by atoms with Gasteiger partial charge in [-0.1, -0.05) is 38.8 Å². The normalized spacial score (nSPS) is 14.6. The van der Waals surface area contributed by atoms with E-state index >= 15 is 4.39 Å². The summed E-state index contributed by atoms with van der Waals surface area (Å²) in [5.74, 6) is -12.6. The summed E-state index contributed by atoms with van der Waals surface area (Å²) in [5, 5.41) is 43.2. The maximum atomic E-state index is 15.3. The van der Waals surface area contributed by atoms with E-state index in [0.29, 0.717) is 25.0 Å². The molecular weight excluding hydrogens is 1070 g/mol. The lowest BCUT2D eigenvalue weighted by molar-refractivity contribution is -0.143. The highest BCUT2D eigenvalue weighted by Gasteiger charge is 2.39. The van der Waals surface area contributed by atoms with Crippen LogP contribution in [0, 0.1) is 17.0 Å². The number of aromatic nitrogens is 1. The van der Waals surface area contributed by atoms with Crippen molar-refractivity contribution in [2.45, 2.75) is 149 Å². The Morgan fingerprint density at radius 3 is 1.96 bits per heavy atom. The Bertz CT molecular complexity index is 2720. The van der Waals surface area contributed by atoms with Crippen molar-refractivity contribution in [3.8, 4) is 11.1 Å². The summed E-state index contributed by atoms with van der Waals surface area (Å²) in [6.07, 6.45) is 4.08. The van der Waals surface area contributed by atoms with E-state index in [-0.39, 0.29) is 30.6 Å². The molecular formula is C54H74F2N10O15. The van der Waals surface area contributed by atoms with E-state index in [0.717, 1.165) is 28.7 Å². The number of imide groups is 1. The molecule has 0 spiro atoms. The number of halogens is 2. The predicted molar refractivity (Wildman–Crippen MR) is 286 cm³/mol. The number of allylic oxidation sites excluding steroid dienone is 2. The maximum Gasteiger partial charge on any atom is 0.326 e. The molecule has 6 atom stereocenters. The average molecular weight is 1140 g/mol. The van der Waals surface area contributed by atoms with Crippen LogP contribution >= 0.6 is 0 Å². The zero-order valence-corrected chi connectivity index (χ0v) is 46.4. The Hall–Kier alpha value is -8.36. The van der Waals surface area contributed by atoms with Gasteiger partial charge < -0.3 is 62.4 Å². The largest absolute Gasteiger partial charge is 0.481 e. The van der Waals surface area contributed by atoms with Crippen LogP contribution < -0.4 is 37.6 Å². The van der Waals surface area contributed by atoms with Crippen molar-refractivity contribution in [2.75, 3.05) is 26.2 Å². The molecule has 0 saturated heterocycles. The second kappa shape index (κ2) is 31.4. The van der Waals surface area contributed by atoms with Gasteiger partial charge in [0.05, 0.1) is 12.5 Å². The summed E-state index contributed by atoms with van der Waals surface area (Å²) in [6, 6.07) is -4.21. The standard InChI is InChI=1S/C54H74F2N10O15/c1-8-30(2)27-64-28-33(35-25-34(55)13-14-36(35)56)24-40(64)48(54(5,6)7)66(46(73)29-67)23-20-37(51(78)58-21-19-43(70)61-38(53(80)81)15-18-47(74)75)62-52(79)39(26-41(57)68)63-50(77)32(4)60-49(76)31(3)59-42(69)12-10-9-11-22-65-44(71)16-17-45(65)72/h8,13-14,16-17,24-25,28,31-32,37-39,48,67H,9-12,15,18-23,26-27,29H2,1-7H3,(H2,57,68)(H,58,78)(H,59,69)(H,60,76)(H,61,70)(H,62,79)(H,63,77)(H,74,75)(H,80,81)/b30-8+/t31-,32+,37-,38+,39-,48-/m0/s1. The van der Waals surface area contributed by atoms with Crippen molar-refractivity contribution in [1.82, 2.24) is 46.3 Å². The number of nitrogens with one attached hydrogen (secondary N) is 6.